The summed E-state index contributed by atoms with van der Waals surface area (Å²) in [7, 11) is -2.37. The van der Waals surface area contributed by atoms with Crippen molar-refractivity contribution in [2.45, 2.75) is 18.7 Å². The third-order valence-corrected chi connectivity index (χ3v) is 6.36. The van der Waals surface area contributed by atoms with Gasteiger partial charge in [-0.1, -0.05) is 0 Å². The van der Waals surface area contributed by atoms with Gasteiger partial charge in [-0.05, 0) is 62.4 Å². The zero-order chi connectivity index (χ0) is 25.9. The second kappa shape index (κ2) is 9.96. The van der Waals surface area contributed by atoms with Crippen molar-refractivity contribution >= 4 is 27.4 Å². The molecule has 0 unspecified atom stereocenters. The summed E-state index contributed by atoms with van der Waals surface area (Å²) >= 11 is 0. The maximum atomic E-state index is 12.8. The average molecular weight is 507 g/mol. The van der Waals surface area contributed by atoms with Crippen molar-refractivity contribution in [3.05, 3.63) is 94.3 Å². The molecular weight excluding hydrogens is 484 g/mol. The Morgan fingerprint density at radius 1 is 0.972 bits per heavy atom. The van der Waals surface area contributed by atoms with Crippen LogP contribution in [0.3, 0.4) is 0 Å². The number of hydrogen-bond acceptors (Lipinski definition) is 8. The quantitative estimate of drug-likeness (QED) is 0.389. The van der Waals surface area contributed by atoms with Crippen LogP contribution in [0.4, 0.5) is 11.5 Å². The van der Waals surface area contributed by atoms with E-state index in [0.29, 0.717) is 23.0 Å². The number of sulfonamides is 1. The molecule has 11 nitrogen and oxygen atoms in total. The minimum absolute atomic E-state index is 0.0332. The minimum atomic E-state index is -3.92. The molecule has 2 aromatic carbocycles. The zero-order valence-corrected chi connectivity index (χ0v) is 20.4. The fourth-order valence-corrected chi connectivity index (χ4v) is 4.31. The number of hydrogen-bond donors (Lipinski definition) is 2. The van der Waals surface area contributed by atoms with Crippen molar-refractivity contribution < 1.29 is 17.9 Å². The Labute approximate surface area is 206 Å². The van der Waals surface area contributed by atoms with Gasteiger partial charge in [0.15, 0.2) is 5.69 Å². The summed E-state index contributed by atoms with van der Waals surface area (Å²) in [5.74, 6) is 0.510. The van der Waals surface area contributed by atoms with Gasteiger partial charge < -0.3 is 10.1 Å². The Hall–Kier alpha value is -4.58. The van der Waals surface area contributed by atoms with E-state index in [0.717, 1.165) is 0 Å². The summed E-state index contributed by atoms with van der Waals surface area (Å²) in [6, 6.07) is 15.2. The van der Waals surface area contributed by atoms with Crippen LogP contribution in [0.15, 0.2) is 76.6 Å². The van der Waals surface area contributed by atoms with Crippen molar-refractivity contribution in [1.82, 2.24) is 19.7 Å². The van der Waals surface area contributed by atoms with Crippen LogP contribution in [0.25, 0.3) is 5.69 Å². The Morgan fingerprint density at radius 3 is 2.31 bits per heavy atom. The normalized spacial score (nSPS) is 11.1. The first kappa shape index (κ1) is 24.5. The van der Waals surface area contributed by atoms with Crippen LogP contribution in [-0.2, 0) is 10.0 Å². The van der Waals surface area contributed by atoms with E-state index in [4.69, 9.17) is 4.74 Å². The van der Waals surface area contributed by atoms with Gasteiger partial charge in [-0.2, -0.15) is 5.10 Å². The fraction of sp³-hybridized carbons (Fsp3) is 0.125. The molecule has 0 radical (unpaired) electrons. The molecular formula is C24H22N6O5S. The van der Waals surface area contributed by atoms with Crippen LogP contribution < -0.4 is 20.2 Å². The maximum Gasteiger partial charge on any atom is 0.280 e. The van der Waals surface area contributed by atoms with E-state index in [2.05, 4.69) is 25.1 Å². The standard InChI is InChI=1S/C24H22N6O5S/c1-15-14-22(26-16(2)25-15)29-36(33,34)20-10-4-17(5-11-20)27-24(32)23-21(31)12-13-30(28-23)18-6-8-19(35-3)9-7-18/h4-14H,1-3H3,(H,27,32)(H,25,26,29). The molecule has 0 saturated heterocycles. The predicted octanol–water partition coefficient (Wildman–Crippen LogP) is 2.70. The number of ether oxygens (including phenoxy) is 1. The molecule has 0 aliphatic carbocycles. The second-order valence-electron chi connectivity index (χ2n) is 7.70. The molecule has 2 N–H and O–H groups in total. The Bertz CT molecular complexity index is 1560. The third kappa shape index (κ3) is 5.55. The molecule has 0 atom stereocenters. The van der Waals surface area contributed by atoms with E-state index >= 15 is 0 Å². The second-order valence-corrected chi connectivity index (χ2v) is 9.38. The van der Waals surface area contributed by atoms with Gasteiger partial charge >= 0.3 is 0 Å². The highest BCUT2D eigenvalue weighted by atomic mass is 32.2. The number of carbonyl (C=O) groups excluding carboxylic acids is 1. The Kier molecular flexibility index (Phi) is 6.79. The maximum absolute atomic E-state index is 12.8. The summed E-state index contributed by atoms with van der Waals surface area (Å²) in [5.41, 5.74) is 0.658. The molecule has 4 rings (SSSR count). The Balaban J connectivity index is 1.51. The number of nitrogens with zero attached hydrogens (tertiary/aromatic N) is 4. The number of carbonyl (C=O) groups is 1. The molecule has 0 spiro atoms. The molecule has 1 amide bonds. The van der Waals surface area contributed by atoms with Crippen LogP contribution in [-0.4, -0.2) is 41.2 Å². The predicted molar refractivity (Wildman–Crippen MR) is 133 cm³/mol. The highest BCUT2D eigenvalue weighted by Gasteiger charge is 2.17. The van der Waals surface area contributed by atoms with Crippen LogP contribution in [0.5, 0.6) is 5.75 Å². The fourth-order valence-electron chi connectivity index (χ4n) is 3.32. The first-order valence-electron chi connectivity index (χ1n) is 10.7. The number of nitrogens with one attached hydrogen (secondary N) is 2. The molecule has 0 fully saturated rings. The van der Waals surface area contributed by atoms with Crippen LogP contribution in [0, 0.1) is 13.8 Å². The van der Waals surface area contributed by atoms with Gasteiger partial charge in [-0.25, -0.2) is 23.1 Å². The van der Waals surface area contributed by atoms with E-state index in [1.54, 1.807) is 45.2 Å². The number of aryl methyl sites for hydroxylation is 2. The third-order valence-electron chi connectivity index (χ3n) is 4.99. The van der Waals surface area contributed by atoms with Crippen molar-refractivity contribution in [3.63, 3.8) is 0 Å². The van der Waals surface area contributed by atoms with Gasteiger partial charge in [0.1, 0.15) is 17.4 Å². The van der Waals surface area contributed by atoms with E-state index in [1.807, 2.05) is 0 Å². The molecule has 0 aliphatic heterocycles. The molecule has 0 saturated carbocycles. The molecule has 4 aromatic rings. The molecule has 12 heteroatoms. The lowest BCUT2D eigenvalue weighted by atomic mass is 10.3. The zero-order valence-electron chi connectivity index (χ0n) is 19.6. The monoisotopic (exact) mass is 506 g/mol. The number of amides is 1. The number of methoxy groups -OCH3 is 1. The molecule has 2 aromatic heterocycles. The van der Waals surface area contributed by atoms with Crippen molar-refractivity contribution in [2.75, 3.05) is 17.1 Å². The van der Waals surface area contributed by atoms with Crippen LogP contribution >= 0.6 is 0 Å². The smallest absolute Gasteiger partial charge is 0.280 e. The minimum Gasteiger partial charge on any atom is -0.497 e. The van der Waals surface area contributed by atoms with Crippen LogP contribution in [0.1, 0.15) is 22.0 Å². The number of aromatic nitrogens is 4. The highest BCUT2D eigenvalue weighted by Crippen LogP contribution is 2.18. The van der Waals surface area contributed by atoms with E-state index in [9.17, 15) is 18.0 Å². The summed E-state index contributed by atoms with van der Waals surface area (Å²) in [6.07, 6.45) is 1.45. The topological polar surface area (TPSA) is 145 Å². The first-order chi connectivity index (χ1) is 17.1. The lowest BCUT2D eigenvalue weighted by Crippen LogP contribution is -2.25. The molecule has 0 bridgehead atoms. The van der Waals surface area contributed by atoms with Gasteiger partial charge in [0, 0.05) is 29.7 Å². The molecule has 0 aliphatic rings. The lowest BCUT2D eigenvalue weighted by molar-refractivity contribution is 0.101. The molecule has 36 heavy (non-hydrogen) atoms. The van der Waals surface area contributed by atoms with Crippen molar-refractivity contribution in [1.29, 1.82) is 0 Å². The summed E-state index contributed by atoms with van der Waals surface area (Å²) < 4.78 is 34.4. The summed E-state index contributed by atoms with van der Waals surface area (Å²) in [5, 5.41) is 6.71. The van der Waals surface area contributed by atoms with Crippen molar-refractivity contribution in [3.8, 4) is 11.4 Å². The average Bonchev–Trinajstić information content (AvgIpc) is 2.84. The molecule has 2 heterocycles. The summed E-state index contributed by atoms with van der Waals surface area (Å²) in [6.45, 7) is 3.40. The molecule has 184 valence electrons. The van der Waals surface area contributed by atoms with Gasteiger partial charge in [0.05, 0.1) is 17.7 Å². The largest absolute Gasteiger partial charge is 0.497 e. The van der Waals surface area contributed by atoms with Crippen LogP contribution in [0.2, 0.25) is 0 Å². The lowest BCUT2D eigenvalue weighted by Gasteiger charge is -2.10. The van der Waals surface area contributed by atoms with Gasteiger partial charge in [-0.15, -0.1) is 0 Å². The van der Waals surface area contributed by atoms with Gasteiger partial charge in [0.25, 0.3) is 15.9 Å². The SMILES string of the molecule is COc1ccc(-n2ccc(=O)c(C(=O)Nc3ccc(S(=O)(=O)Nc4cc(C)nc(C)n4)cc3)n2)cc1. The van der Waals surface area contributed by atoms with Gasteiger partial charge in [0.2, 0.25) is 5.43 Å². The van der Waals surface area contributed by atoms with Crippen molar-refractivity contribution in [2.24, 2.45) is 0 Å². The van der Waals surface area contributed by atoms with E-state index in [1.165, 1.54) is 47.3 Å². The summed E-state index contributed by atoms with van der Waals surface area (Å²) in [4.78, 5) is 33.2. The van der Waals surface area contributed by atoms with E-state index in [-0.39, 0.29) is 22.1 Å². The number of anilines is 2. The van der Waals surface area contributed by atoms with Gasteiger partial charge in [-0.3, -0.25) is 14.3 Å². The number of rotatable bonds is 7. The first-order valence-corrected chi connectivity index (χ1v) is 12.1. The highest BCUT2D eigenvalue weighted by molar-refractivity contribution is 7.92. The Morgan fingerprint density at radius 2 is 1.67 bits per heavy atom. The number of benzene rings is 2. The van der Waals surface area contributed by atoms with E-state index < -0.39 is 21.4 Å².